The molecule has 0 radical (unpaired) electrons. The lowest BCUT2D eigenvalue weighted by Crippen LogP contribution is -2.15. The van der Waals surface area contributed by atoms with Crippen molar-refractivity contribution in [2.75, 3.05) is 6.54 Å². The molecule has 2 rings (SSSR count). The maximum Gasteiger partial charge on any atom is 0.227 e. The summed E-state index contributed by atoms with van der Waals surface area (Å²) in [6.07, 6.45) is 1.66. The van der Waals surface area contributed by atoms with Crippen LogP contribution < -0.4 is 5.73 Å². The Bertz CT molecular complexity index is 491. The third-order valence-corrected chi connectivity index (χ3v) is 2.94. The molecule has 0 saturated carbocycles. The molecule has 0 aliphatic carbocycles. The first-order chi connectivity index (χ1) is 8.72. The van der Waals surface area contributed by atoms with E-state index < -0.39 is 0 Å². The summed E-state index contributed by atoms with van der Waals surface area (Å²) in [7, 11) is 0. The van der Waals surface area contributed by atoms with E-state index in [1.807, 2.05) is 0 Å². The number of rotatable bonds is 5. The number of halogens is 1. The van der Waals surface area contributed by atoms with Gasteiger partial charge < -0.3 is 10.3 Å². The van der Waals surface area contributed by atoms with E-state index in [-0.39, 0.29) is 5.82 Å². The van der Waals surface area contributed by atoms with Crippen molar-refractivity contribution < 1.29 is 8.91 Å². The average molecular weight is 249 g/mol. The molecule has 1 aromatic heterocycles. The number of hydrogen-bond acceptors (Lipinski definition) is 4. The molecule has 0 fully saturated rings. The number of nitrogens with zero attached hydrogens (tertiary/aromatic N) is 2. The molecule has 0 bridgehead atoms. The van der Waals surface area contributed by atoms with Crippen LogP contribution >= 0.6 is 0 Å². The Morgan fingerprint density at radius 1 is 1.33 bits per heavy atom. The molecule has 5 heteroatoms. The summed E-state index contributed by atoms with van der Waals surface area (Å²) in [5, 5.41) is 3.89. The fourth-order valence-corrected chi connectivity index (χ4v) is 1.70. The second-order valence-electron chi connectivity index (χ2n) is 4.23. The highest BCUT2D eigenvalue weighted by Gasteiger charge is 2.13. The third-order valence-electron chi connectivity index (χ3n) is 2.94. The van der Waals surface area contributed by atoms with E-state index in [1.165, 1.54) is 12.1 Å². The molecule has 0 saturated heterocycles. The molecule has 2 aromatic rings. The van der Waals surface area contributed by atoms with Gasteiger partial charge in [0, 0.05) is 12.0 Å². The largest absolute Gasteiger partial charge is 0.339 e. The SMILES string of the molecule is CCC(CN)Cc1nc(-c2ccc(F)cc2)no1. The first-order valence-electron chi connectivity index (χ1n) is 6.01. The monoisotopic (exact) mass is 249 g/mol. The van der Waals surface area contributed by atoms with Crippen LogP contribution in [-0.4, -0.2) is 16.7 Å². The predicted octanol–water partition coefficient (Wildman–Crippen LogP) is 2.40. The van der Waals surface area contributed by atoms with Crippen LogP contribution in [0, 0.1) is 11.7 Å². The van der Waals surface area contributed by atoms with E-state index in [1.54, 1.807) is 12.1 Å². The van der Waals surface area contributed by atoms with Crippen molar-refractivity contribution in [3.8, 4) is 11.4 Å². The fraction of sp³-hybridized carbons (Fsp3) is 0.385. The van der Waals surface area contributed by atoms with Crippen LogP contribution in [-0.2, 0) is 6.42 Å². The number of hydrogen-bond donors (Lipinski definition) is 1. The fourth-order valence-electron chi connectivity index (χ4n) is 1.70. The molecular formula is C13H16FN3O. The smallest absolute Gasteiger partial charge is 0.227 e. The van der Waals surface area contributed by atoms with Crippen LogP contribution in [0.1, 0.15) is 19.2 Å². The van der Waals surface area contributed by atoms with Gasteiger partial charge in [-0.3, -0.25) is 0 Å². The van der Waals surface area contributed by atoms with Crippen LogP contribution in [0.2, 0.25) is 0 Å². The first kappa shape index (κ1) is 12.7. The minimum atomic E-state index is -0.281. The minimum absolute atomic E-state index is 0.281. The number of benzene rings is 1. The summed E-state index contributed by atoms with van der Waals surface area (Å²) in [6, 6.07) is 6.01. The maximum atomic E-state index is 12.8. The van der Waals surface area contributed by atoms with Crippen molar-refractivity contribution >= 4 is 0 Å². The van der Waals surface area contributed by atoms with Gasteiger partial charge in [0.15, 0.2) is 0 Å². The molecule has 2 N–H and O–H groups in total. The lowest BCUT2D eigenvalue weighted by Gasteiger charge is -2.07. The van der Waals surface area contributed by atoms with Gasteiger partial charge >= 0.3 is 0 Å². The van der Waals surface area contributed by atoms with E-state index in [4.69, 9.17) is 10.3 Å². The van der Waals surface area contributed by atoms with Crippen molar-refractivity contribution in [2.45, 2.75) is 19.8 Å². The van der Waals surface area contributed by atoms with E-state index in [2.05, 4.69) is 17.1 Å². The van der Waals surface area contributed by atoms with Crippen molar-refractivity contribution in [1.82, 2.24) is 10.1 Å². The first-order valence-corrected chi connectivity index (χ1v) is 6.01. The zero-order chi connectivity index (χ0) is 13.0. The summed E-state index contributed by atoms with van der Waals surface area (Å²) in [4.78, 5) is 4.29. The van der Waals surface area contributed by atoms with Gasteiger partial charge in [-0.15, -0.1) is 0 Å². The second kappa shape index (κ2) is 5.73. The topological polar surface area (TPSA) is 64.9 Å². The van der Waals surface area contributed by atoms with Crippen LogP contribution in [0.15, 0.2) is 28.8 Å². The Morgan fingerprint density at radius 2 is 2.06 bits per heavy atom. The number of aromatic nitrogens is 2. The minimum Gasteiger partial charge on any atom is -0.339 e. The molecule has 4 nitrogen and oxygen atoms in total. The van der Waals surface area contributed by atoms with E-state index >= 15 is 0 Å². The molecule has 0 aliphatic rings. The quantitative estimate of drug-likeness (QED) is 0.883. The molecule has 1 heterocycles. The van der Waals surface area contributed by atoms with E-state index in [9.17, 15) is 4.39 Å². The molecule has 1 aromatic carbocycles. The Hall–Kier alpha value is -1.75. The average Bonchev–Trinajstić information content (AvgIpc) is 2.85. The summed E-state index contributed by atoms with van der Waals surface area (Å²) < 4.78 is 18.0. The van der Waals surface area contributed by atoms with Gasteiger partial charge in [0.1, 0.15) is 5.82 Å². The highest BCUT2D eigenvalue weighted by molar-refractivity contribution is 5.53. The second-order valence-corrected chi connectivity index (χ2v) is 4.23. The highest BCUT2D eigenvalue weighted by atomic mass is 19.1. The van der Waals surface area contributed by atoms with Crippen LogP contribution in [0.25, 0.3) is 11.4 Å². The third kappa shape index (κ3) is 2.92. The summed E-state index contributed by atoms with van der Waals surface area (Å²) in [5.74, 6) is 1.13. The van der Waals surface area contributed by atoms with Gasteiger partial charge in [-0.2, -0.15) is 4.98 Å². The van der Waals surface area contributed by atoms with Crippen LogP contribution in [0.4, 0.5) is 4.39 Å². The molecule has 1 unspecified atom stereocenters. The van der Waals surface area contributed by atoms with Gasteiger partial charge in [-0.25, -0.2) is 4.39 Å². The van der Waals surface area contributed by atoms with Gasteiger partial charge in [0.25, 0.3) is 0 Å². The summed E-state index contributed by atoms with van der Waals surface area (Å²) >= 11 is 0. The Balaban J connectivity index is 2.12. The standard InChI is InChI=1S/C13H16FN3O/c1-2-9(8-15)7-12-16-13(17-18-12)10-3-5-11(14)6-4-10/h3-6,9H,2,7-8,15H2,1H3. The molecule has 18 heavy (non-hydrogen) atoms. The Kier molecular flexibility index (Phi) is 4.04. The molecule has 0 aliphatic heterocycles. The van der Waals surface area contributed by atoms with Crippen molar-refractivity contribution in [3.63, 3.8) is 0 Å². The van der Waals surface area contributed by atoms with Crippen molar-refractivity contribution in [1.29, 1.82) is 0 Å². The van der Waals surface area contributed by atoms with Gasteiger partial charge in [0.05, 0.1) is 0 Å². The van der Waals surface area contributed by atoms with E-state index in [0.29, 0.717) is 30.6 Å². The van der Waals surface area contributed by atoms with Gasteiger partial charge in [-0.1, -0.05) is 18.5 Å². The normalized spacial score (nSPS) is 12.6. The van der Waals surface area contributed by atoms with Crippen molar-refractivity contribution in [3.05, 3.63) is 36.0 Å². The lowest BCUT2D eigenvalue weighted by atomic mass is 10.0. The summed E-state index contributed by atoms with van der Waals surface area (Å²) in [6.45, 7) is 2.68. The number of nitrogens with two attached hydrogens (primary N) is 1. The Morgan fingerprint density at radius 3 is 2.67 bits per heavy atom. The van der Waals surface area contributed by atoms with E-state index in [0.717, 1.165) is 12.0 Å². The highest BCUT2D eigenvalue weighted by Crippen LogP contribution is 2.17. The van der Waals surface area contributed by atoms with Crippen LogP contribution in [0.3, 0.4) is 0 Å². The van der Waals surface area contributed by atoms with Gasteiger partial charge in [0.2, 0.25) is 11.7 Å². The predicted molar refractivity (Wildman–Crippen MR) is 66.2 cm³/mol. The molecule has 96 valence electrons. The molecular weight excluding hydrogens is 233 g/mol. The summed E-state index contributed by atoms with van der Waals surface area (Å²) in [5.41, 5.74) is 6.38. The Labute approximate surface area is 105 Å². The molecule has 0 amide bonds. The molecule has 1 atom stereocenters. The molecule has 0 spiro atoms. The van der Waals surface area contributed by atoms with Crippen molar-refractivity contribution in [2.24, 2.45) is 11.7 Å². The maximum absolute atomic E-state index is 12.8. The zero-order valence-corrected chi connectivity index (χ0v) is 10.3. The van der Waals surface area contributed by atoms with Gasteiger partial charge in [-0.05, 0) is 36.7 Å². The lowest BCUT2D eigenvalue weighted by molar-refractivity contribution is 0.350. The zero-order valence-electron chi connectivity index (χ0n) is 10.3. The van der Waals surface area contributed by atoms with Crippen LogP contribution in [0.5, 0.6) is 0 Å².